The Kier molecular flexibility index (Phi) is 8.17. The molecule has 7 nitrogen and oxygen atoms in total. The Labute approximate surface area is 232 Å². The first-order chi connectivity index (χ1) is 18.2. The summed E-state index contributed by atoms with van der Waals surface area (Å²) in [5.41, 5.74) is 0.816. The van der Waals surface area contributed by atoms with Crippen LogP contribution in [0.1, 0.15) is 51.5 Å². The van der Waals surface area contributed by atoms with Gasteiger partial charge in [-0.3, -0.25) is 15.0 Å². The van der Waals surface area contributed by atoms with Crippen LogP contribution in [0.4, 0.5) is 0 Å². The molecule has 0 aliphatic carbocycles. The van der Waals surface area contributed by atoms with Crippen molar-refractivity contribution in [2.24, 2.45) is 5.92 Å². The Morgan fingerprint density at radius 3 is 2.24 bits per heavy atom. The van der Waals surface area contributed by atoms with E-state index in [1.807, 2.05) is 6.07 Å². The average Bonchev–Trinajstić information content (AvgIpc) is 3.21. The van der Waals surface area contributed by atoms with Gasteiger partial charge in [0.2, 0.25) is 15.9 Å². The summed E-state index contributed by atoms with van der Waals surface area (Å²) in [6.45, 7) is 7.84. The third-order valence-electron chi connectivity index (χ3n) is 8.77. The molecule has 0 saturated carbocycles. The summed E-state index contributed by atoms with van der Waals surface area (Å²) in [4.78, 5) is 18.8. The molecule has 2 aromatic carbocycles. The Balaban J connectivity index is 1.31. The van der Waals surface area contributed by atoms with Crippen molar-refractivity contribution < 1.29 is 13.2 Å². The second kappa shape index (κ2) is 11.3. The van der Waals surface area contributed by atoms with E-state index in [-0.39, 0.29) is 28.8 Å². The van der Waals surface area contributed by atoms with Crippen LogP contribution in [0.2, 0.25) is 5.02 Å². The van der Waals surface area contributed by atoms with Gasteiger partial charge in [0.1, 0.15) is 0 Å². The molecule has 1 spiro atoms. The number of nitrogens with one attached hydrogen (secondary N) is 1. The van der Waals surface area contributed by atoms with E-state index < -0.39 is 15.7 Å². The molecule has 3 aliphatic rings. The van der Waals surface area contributed by atoms with E-state index in [1.54, 1.807) is 28.6 Å². The second-order valence-corrected chi connectivity index (χ2v) is 13.5. The quantitative estimate of drug-likeness (QED) is 0.547. The number of hydrogen-bond acceptors (Lipinski definition) is 5. The molecule has 3 aliphatic heterocycles. The highest BCUT2D eigenvalue weighted by Gasteiger charge is 2.55. The van der Waals surface area contributed by atoms with E-state index in [9.17, 15) is 13.2 Å². The molecule has 0 bridgehead atoms. The first-order valence-corrected chi connectivity index (χ1v) is 15.7. The van der Waals surface area contributed by atoms with Gasteiger partial charge >= 0.3 is 0 Å². The fraction of sp³-hybridized carbons (Fsp3) is 0.552. The van der Waals surface area contributed by atoms with E-state index in [0.717, 1.165) is 38.9 Å². The third kappa shape index (κ3) is 5.39. The van der Waals surface area contributed by atoms with Gasteiger partial charge in [0.25, 0.3) is 0 Å². The van der Waals surface area contributed by atoms with Crippen LogP contribution in [0.5, 0.6) is 0 Å². The van der Waals surface area contributed by atoms with Gasteiger partial charge in [-0.05, 0) is 61.4 Å². The minimum atomic E-state index is -3.62. The normalized spacial score (nSPS) is 24.2. The summed E-state index contributed by atoms with van der Waals surface area (Å²) in [6.07, 6.45) is 3.95. The summed E-state index contributed by atoms with van der Waals surface area (Å²) < 4.78 is 28.2. The fourth-order valence-electron chi connectivity index (χ4n) is 6.35. The van der Waals surface area contributed by atoms with Gasteiger partial charge in [-0.25, -0.2) is 8.42 Å². The van der Waals surface area contributed by atoms with E-state index in [0.29, 0.717) is 31.0 Å². The SMILES string of the molecule is CC[C@@H](C)[C@H]1NC2(CCN(S(=O)(=O)c3ccc(Cl)cc3)CC2)N(C2CCN(Cc3ccccc3)CC2)C1=O. The van der Waals surface area contributed by atoms with E-state index >= 15 is 0 Å². The predicted molar refractivity (Wildman–Crippen MR) is 150 cm³/mol. The highest BCUT2D eigenvalue weighted by atomic mass is 35.5. The summed E-state index contributed by atoms with van der Waals surface area (Å²) in [5, 5.41) is 4.26. The van der Waals surface area contributed by atoms with Gasteiger partial charge < -0.3 is 4.90 Å². The lowest BCUT2D eigenvalue weighted by molar-refractivity contribution is -0.138. The minimum absolute atomic E-state index is 0.163. The van der Waals surface area contributed by atoms with Gasteiger partial charge in [-0.2, -0.15) is 4.31 Å². The zero-order valence-electron chi connectivity index (χ0n) is 22.4. The third-order valence-corrected chi connectivity index (χ3v) is 10.9. The molecule has 5 rings (SSSR count). The number of rotatable bonds is 7. The van der Waals surface area contributed by atoms with Gasteiger partial charge in [-0.15, -0.1) is 0 Å². The number of carbonyl (C=O) groups is 1. The first-order valence-electron chi connectivity index (χ1n) is 13.9. The highest BCUT2D eigenvalue weighted by molar-refractivity contribution is 7.89. The van der Waals surface area contributed by atoms with Crippen molar-refractivity contribution in [1.82, 2.24) is 19.4 Å². The number of carbonyl (C=O) groups excluding carboxylic acids is 1. The number of hydrogen-bond donors (Lipinski definition) is 1. The van der Waals surface area contributed by atoms with Crippen LogP contribution in [0.25, 0.3) is 0 Å². The summed E-state index contributed by atoms with van der Waals surface area (Å²) in [6, 6.07) is 16.8. The Bertz CT molecular complexity index is 1210. The highest BCUT2D eigenvalue weighted by Crippen LogP contribution is 2.39. The monoisotopic (exact) mass is 558 g/mol. The number of benzene rings is 2. The molecule has 0 radical (unpaired) electrons. The smallest absolute Gasteiger partial charge is 0.243 e. The molecule has 38 heavy (non-hydrogen) atoms. The Morgan fingerprint density at radius 2 is 1.63 bits per heavy atom. The summed E-state index contributed by atoms with van der Waals surface area (Å²) in [7, 11) is -3.62. The van der Waals surface area contributed by atoms with Crippen molar-refractivity contribution in [3.8, 4) is 0 Å². The molecule has 206 valence electrons. The van der Waals surface area contributed by atoms with Crippen LogP contribution in [0, 0.1) is 5.92 Å². The molecular formula is C29H39ClN4O3S. The van der Waals surface area contributed by atoms with Crippen molar-refractivity contribution in [3.05, 3.63) is 65.2 Å². The molecule has 0 unspecified atom stereocenters. The summed E-state index contributed by atoms with van der Waals surface area (Å²) >= 11 is 5.98. The number of amides is 1. The van der Waals surface area contributed by atoms with Crippen molar-refractivity contribution in [2.75, 3.05) is 26.2 Å². The van der Waals surface area contributed by atoms with Crippen molar-refractivity contribution in [1.29, 1.82) is 0 Å². The lowest BCUT2D eigenvalue weighted by atomic mass is 9.92. The number of halogens is 1. The van der Waals surface area contributed by atoms with Crippen molar-refractivity contribution in [3.63, 3.8) is 0 Å². The van der Waals surface area contributed by atoms with Crippen LogP contribution < -0.4 is 5.32 Å². The fourth-order valence-corrected chi connectivity index (χ4v) is 7.91. The molecule has 1 amide bonds. The van der Waals surface area contributed by atoms with E-state index in [2.05, 4.69) is 53.2 Å². The van der Waals surface area contributed by atoms with Crippen LogP contribution in [0.3, 0.4) is 0 Å². The first kappa shape index (κ1) is 27.6. The molecule has 1 N–H and O–H groups in total. The van der Waals surface area contributed by atoms with Crippen LogP contribution in [-0.2, 0) is 21.4 Å². The van der Waals surface area contributed by atoms with Gasteiger partial charge in [-0.1, -0.05) is 62.2 Å². The standard InChI is InChI=1S/C29H39ClN4O3S/c1-3-22(2)27-28(35)34(25-13-17-32(18-14-25)21-23-7-5-4-6-8-23)29(31-27)15-19-33(20-16-29)38(36,37)26-11-9-24(30)10-12-26/h4-12,22,25,27,31H,3,13-21H2,1-2H3/t22-,27-/m1/s1. The number of nitrogens with zero attached hydrogens (tertiary/aromatic N) is 3. The van der Waals surface area contributed by atoms with Gasteiger partial charge in [0, 0.05) is 43.8 Å². The maximum Gasteiger partial charge on any atom is 0.243 e. The topological polar surface area (TPSA) is 73.0 Å². The van der Waals surface area contributed by atoms with Crippen LogP contribution in [-0.4, -0.2) is 72.4 Å². The minimum Gasteiger partial charge on any atom is -0.320 e. The summed E-state index contributed by atoms with van der Waals surface area (Å²) in [5.74, 6) is 0.410. The maximum absolute atomic E-state index is 13.9. The second-order valence-electron chi connectivity index (χ2n) is 11.1. The molecule has 3 saturated heterocycles. The zero-order valence-corrected chi connectivity index (χ0v) is 23.9. The Morgan fingerprint density at radius 1 is 1.00 bits per heavy atom. The van der Waals surface area contributed by atoms with Gasteiger partial charge in [0.15, 0.2) is 0 Å². The average molecular weight is 559 g/mol. The Hall–Kier alpha value is -1.97. The van der Waals surface area contributed by atoms with Crippen molar-refractivity contribution >= 4 is 27.5 Å². The predicted octanol–water partition coefficient (Wildman–Crippen LogP) is 4.33. The number of sulfonamides is 1. The zero-order chi connectivity index (χ0) is 26.9. The molecule has 9 heteroatoms. The lowest BCUT2D eigenvalue weighted by Gasteiger charge is -2.49. The van der Waals surface area contributed by atoms with Crippen LogP contribution in [0.15, 0.2) is 59.5 Å². The number of likely N-dealkylation sites (tertiary alicyclic amines) is 1. The maximum atomic E-state index is 13.9. The molecule has 2 aromatic rings. The molecule has 2 atom stereocenters. The lowest BCUT2D eigenvalue weighted by Crippen LogP contribution is -2.63. The van der Waals surface area contributed by atoms with E-state index in [4.69, 9.17) is 11.6 Å². The molecule has 3 fully saturated rings. The molecule has 0 aromatic heterocycles. The largest absolute Gasteiger partial charge is 0.320 e. The number of piperidine rings is 2. The van der Waals surface area contributed by atoms with Crippen molar-refractivity contribution in [2.45, 2.75) is 75.1 Å². The molecular weight excluding hydrogens is 520 g/mol. The van der Waals surface area contributed by atoms with Gasteiger partial charge in [0.05, 0.1) is 16.6 Å². The van der Waals surface area contributed by atoms with Crippen LogP contribution >= 0.6 is 11.6 Å². The van der Waals surface area contributed by atoms with E-state index in [1.165, 1.54) is 5.56 Å². The molecule has 3 heterocycles.